The molecule has 1 amide bonds. The van der Waals surface area contributed by atoms with Crippen molar-refractivity contribution in [2.75, 3.05) is 44.2 Å². The lowest BCUT2D eigenvalue weighted by Gasteiger charge is -2.51. The molecule has 4 aliphatic rings. The number of anilines is 1. The molecule has 4 fully saturated rings. The van der Waals surface area contributed by atoms with Crippen LogP contribution in [0.4, 0.5) is 10.2 Å². The number of piperazine rings is 1. The number of halogens is 1. The second-order valence-electron chi connectivity index (χ2n) is 9.71. The third kappa shape index (κ3) is 3.82. The molecule has 30 heavy (non-hydrogen) atoms. The van der Waals surface area contributed by atoms with Gasteiger partial charge >= 0.3 is 0 Å². The maximum absolute atomic E-state index is 15.3. The largest absolute Gasteiger partial charge is 0.354 e. The molecule has 1 aliphatic carbocycles. The van der Waals surface area contributed by atoms with Crippen molar-refractivity contribution in [3.8, 4) is 0 Å². The number of carbonyl (C=O) groups excluding carboxylic acids is 1. The van der Waals surface area contributed by atoms with E-state index in [0.717, 1.165) is 64.3 Å². The van der Waals surface area contributed by atoms with Crippen LogP contribution >= 0.6 is 0 Å². The molecule has 3 aliphatic heterocycles. The summed E-state index contributed by atoms with van der Waals surface area (Å²) < 4.78 is 15.3. The fraction of sp³-hybridized carbons (Fsp3) is 0.739. The summed E-state index contributed by atoms with van der Waals surface area (Å²) in [6.45, 7) is 7.83. The zero-order chi connectivity index (χ0) is 20.7. The van der Waals surface area contributed by atoms with Crippen LogP contribution in [-0.4, -0.2) is 73.3 Å². The number of carbonyl (C=O) groups is 1. The molecule has 0 aromatic carbocycles. The van der Waals surface area contributed by atoms with Gasteiger partial charge in [-0.1, -0.05) is 6.07 Å². The molecule has 7 heteroatoms. The van der Waals surface area contributed by atoms with Crippen molar-refractivity contribution in [3.63, 3.8) is 0 Å². The second-order valence-corrected chi connectivity index (χ2v) is 9.71. The Balaban J connectivity index is 1.18. The molecule has 1 aromatic rings. The van der Waals surface area contributed by atoms with Gasteiger partial charge in [-0.15, -0.1) is 0 Å². The minimum atomic E-state index is -0.829. The highest BCUT2D eigenvalue weighted by molar-refractivity contribution is 5.81. The molecule has 4 heterocycles. The zero-order valence-corrected chi connectivity index (χ0v) is 17.9. The Bertz CT molecular complexity index is 768. The first-order valence-electron chi connectivity index (χ1n) is 11.7. The Kier molecular flexibility index (Phi) is 5.67. The van der Waals surface area contributed by atoms with E-state index in [0.29, 0.717) is 12.3 Å². The third-order valence-corrected chi connectivity index (χ3v) is 7.78. The standard InChI is InChI=1S/C23H34FN5O/c1-15-4-2-7-26-22(15)29-10-8-28(9-11-29)14-16-12-18(24)20-19(13-16)27-23(30)17-5-3-6-25-21(17)20/h2,4,7,16-21,25H,3,5-6,8-14H2,1H3,(H,27,30). The minimum Gasteiger partial charge on any atom is -0.354 e. The molecule has 6 nitrogen and oxygen atoms in total. The van der Waals surface area contributed by atoms with E-state index in [2.05, 4.69) is 38.4 Å². The van der Waals surface area contributed by atoms with Crippen molar-refractivity contribution in [2.45, 2.75) is 50.9 Å². The highest BCUT2D eigenvalue weighted by Gasteiger charge is 2.51. The van der Waals surface area contributed by atoms with Crippen LogP contribution < -0.4 is 15.5 Å². The van der Waals surface area contributed by atoms with Gasteiger partial charge in [-0.25, -0.2) is 9.37 Å². The fourth-order valence-corrected chi connectivity index (χ4v) is 6.34. The Morgan fingerprint density at radius 1 is 1.23 bits per heavy atom. The van der Waals surface area contributed by atoms with Crippen molar-refractivity contribution < 1.29 is 9.18 Å². The predicted molar refractivity (Wildman–Crippen MR) is 115 cm³/mol. The number of nitrogens with zero attached hydrogens (tertiary/aromatic N) is 3. The van der Waals surface area contributed by atoms with Crippen LogP contribution in [0.3, 0.4) is 0 Å². The lowest BCUT2D eigenvalue weighted by molar-refractivity contribution is -0.135. The normalized spacial score (nSPS) is 37.3. The molecular weight excluding hydrogens is 381 g/mol. The summed E-state index contributed by atoms with van der Waals surface area (Å²) in [5, 5.41) is 6.68. The molecule has 1 aromatic heterocycles. The van der Waals surface area contributed by atoms with Crippen LogP contribution in [-0.2, 0) is 4.79 Å². The van der Waals surface area contributed by atoms with E-state index < -0.39 is 6.17 Å². The Hall–Kier alpha value is -1.73. The number of fused-ring (bicyclic) bond motifs is 3. The van der Waals surface area contributed by atoms with E-state index in [1.54, 1.807) is 0 Å². The molecule has 0 bridgehead atoms. The van der Waals surface area contributed by atoms with Gasteiger partial charge in [0, 0.05) is 56.9 Å². The van der Waals surface area contributed by atoms with E-state index >= 15 is 4.39 Å². The van der Waals surface area contributed by atoms with E-state index in [4.69, 9.17) is 0 Å². The summed E-state index contributed by atoms with van der Waals surface area (Å²) >= 11 is 0. The highest BCUT2D eigenvalue weighted by Crippen LogP contribution is 2.40. The van der Waals surface area contributed by atoms with E-state index in [-0.39, 0.29) is 29.8 Å². The van der Waals surface area contributed by atoms with Crippen molar-refractivity contribution in [2.24, 2.45) is 17.8 Å². The number of piperidine rings is 2. The first-order chi connectivity index (χ1) is 14.6. The van der Waals surface area contributed by atoms with Crippen LogP contribution in [0.1, 0.15) is 31.2 Å². The summed E-state index contributed by atoms with van der Waals surface area (Å²) in [7, 11) is 0. The molecule has 2 N–H and O–H groups in total. The highest BCUT2D eigenvalue weighted by atomic mass is 19.1. The van der Waals surface area contributed by atoms with Crippen molar-refractivity contribution in [1.82, 2.24) is 20.5 Å². The Morgan fingerprint density at radius 2 is 2.07 bits per heavy atom. The van der Waals surface area contributed by atoms with Gasteiger partial charge in [-0.2, -0.15) is 0 Å². The molecule has 5 rings (SSSR count). The minimum absolute atomic E-state index is 0.0180. The average Bonchev–Trinajstić information content (AvgIpc) is 2.75. The SMILES string of the molecule is Cc1cccnc1N1CCN(CC2CC(F)C3C(C2)NC(=O)C2CCCNC23)CC1. The van der Waals surface area contributed by atoms with Crippen LogP contribution in [0.2, 0.25) is 0 Å². The molecule has 6 atom stereocenters. The fourth-order valence-electron chi connectivity index (χ4n) is 6.34. The molecule has 6 unspecified atom stereocenters. The number of aryl methyl sites for hydroxylation is 1. The van der Waals surface area contributed by atoms with Gasteiger partial charge in [0.15, 0.2) is 0 Å². The van der Waals surface area contributed by atoms with E-state index in [1.165, 1.54) is 5.56 Å². The van der Waals surface area contributed by atoms with Crippen molar-refractivity contribution >= 4 is 11.7 Å². The van der Waals surface area contributed by atoms with Gasteiger partial charge < -0.3 is 15.5 Å². The summed E-state index contributed by atoms with van der Waals surface area (Å²) in [6, 6.07) is 4.10. The molecule has 0 spiro atoms. The lowest BCUT2D eigenvalue weighted by Crippen LogP contribution is -2.67. The molecule has 3 saturated heterocycles. The van der Waals surface area contributed by atoms with Crippen molar-refractivity contribution in [1.29, 1.82) is 0 Å². The first kappa shape index (κ1) is 20.2. The molecular formula is C23H34FN5O. The van der Waals surface area contributed by atoms with Crippen LogP contribution in [0, 0.1) is 24.7 Å². The number of pyridine rings is 1. The van der Waals surface area contributed by atoms with Gasteiger partial charge in [0.1, 0.15) is 12.0 Å². The van der Waals surface area contributed by atoms with Gasteiger partial charge in [0.05, 0.1) is 5.92 Å². The average molecular weight is 416 g/mol. The lowest BCUT2D eigenvalue weighted by atomic mass is 9.66. The maximum Gasteiger partial charge on any atom is 0.224 e. The smallest absolute Gasteiger partial charge is 0.224 e. The second kappa shape index (κ2) is 8.42. The number of aromatic nitrogens is 1. The maximum atomic E-state index is 15.3. The van der Waals surface area contributed by atoms with Crippen LogP contribution in [0.25, 0.3) is 0 Å². The zero-order valence-electron chi connectivity index (χ0n) is 17.9. The van der Waals surface area contributed by atoms with Crippen molar-refractivity contribution in [3.05, 3.63) is 23.9 Å². The van der Waals surface area contributed by atoms with Crippen LogP contribution in [0.5, 0.6) is 0 Å². The summed E-state index contributed by atoms with van der Waals surface area (Å²) in [6.07, 6.45) is 4.46. The predicted octanol–water partition coefficient (Wildman–Crippen LogP) is 1.74. The molecule has 0 radical (unpaired) electrons. The number of hydrogen-bond donors (Lipinski definition) is 2. The third-order valence-electron chi connectivity index (χ3n) is 7.78. The Labute approximate surface area is 178 Å². The first-order valence-corrected chi connectivity index (χ1v) is 11.7. The number of nitrogens with one attached hydrogen (secondary N) is 2. The molecule has 164 valence electrons. The van der Waals surface area contributed by atoms with E-state index in [9.17, 15) is 4.79 Å². The van der Waals surface area contributed by atoms with E-state index in [1.807, 2.05) is 12.3 Å². The van der Waals surface area contributed by atoms with Crippen LogP contribution in [0.15, 0.2) is 18.3 Å². The van der Waals surface area contributed by atoms with Gasteiger partial charge in [0.25, 0.3) is 0 Å². The quantitative estimate of drug-likeness (QED) is 0.788. The molecule has 1 saturated carbocycles. The Morgan fingerprint density at radius 3 is 2.87 bits per heavy atom. The number of alkyl halides is 1. The number of rotatable bonds is 3. The topological polar surface area (TPSA) is 60.5 Å². The number of amides is 1. The summed E-state index contributed by atoms with van der Waals surface area (Å²) in [5.74, 6) is 1.43. The van der Waals surface area contributed by atoms with Gasteiger partial charge in [0.2, 0.25) is 5.91 Å². The monoisotopic (exact) mass is 415 g/mol. The summed E-state index contributed by atoms with van der Waals surface area (Å²) in [4.78, 5) is 22.0. The van der Waals surface area contributed by atoms with Gasteiger partial charge in [-0.3, -0.25) is 9.69 Å². The van der Waals surface area contributed by atoms with Gasteiger partial charge in [-0.05, 0) is 56.7 Å². The number of hydrogen-bond acceptors (Lipinski definition) is 5. The summed E-state index contributed by atoms with van der Waals surface area (Å²) in [5.41, 5.74) is 1.22.